The largest absolute Gasteiger partial charge is 0.451 e. The van der Waals surface area contributed by atoms with E-state index in [2.05, 4.69) is 29.4 Å². The highest BCUT2D eigenvalue weighted by molar-refractivity contribution is 6.03. The fraction of sp³-hybridized carbons (Fsp3) is 0.238. The minimum Gasteiger partial charge on any atom is -0.451 e. The first-order valence-electron chi connectivity index (χ1n) is 9.04. The molecular weight excluding hydrogens is 358 g/mol. The van der Waals surface area contributed by atoms with Crippen LogP contribution in [0.25, 0.3) is 10.8 Å². The van der Waals surface area contributed by atoms with Crippen molar-refractivity contribution in [3.63, 3.8) is 0 Å². The Bertz CT molecular complexity index is 1060. The van der Waals surface area contributed by atoms with Crippen LogP contribution in [-0.2, 0) is 9.53 Å². The van der Waals surface area contributed by atoms with Crippen LogP contribution in [-0.4, -0.2) is 28.7 Å². The normalized spacial score (nSPS) is 11.8. The first kappa shape index (κ1) is 19.3. The summed E-state index contributed by atoms with van der Waals surface area (Å²) in [4.78, 5) is 36.1. The zero-order valence-corrected chi connectivity index (χ0v) is 15.7. The van der Waals surface area contributed by atoms with Crippen LogP contribution in [0.1, 0.15) is 42.2 Å². The number of fused-ring (bicyclic) bond motifs is 1. The van der Waals surface area contributed by atoms with E-state index in [1.807, 2.05) is 24.3 Å². The van der Waals surface area contributed by atoms with Crippen molar-refractivity contribution >= 4 is 28.3 Å². The van der Waals surface area contributed by atoms with Gasteiger partial charge in [0.25, 0.3) is 11.5 Å². The maximum Gasteiger partial charge on any atom is 0.359 e. The summed E-state index contributed by atoms with van der Waals surface area (Å²) in [7, 11) is 0. The van der Waals surface area contributed by atoms with Crippen molar-refractivity contribution in [3.05, 3.63) is 70.1 Å². The number of hydrogen-bond acceptors (Lipinski definition) is 5. The van der Waals surface area contributed by atoms with Crippen molar-refractivity contribution in [1.82, 2.24) is 10.2 Å². The van der Waals surface area contributed by atoms with Crippen molar-refractivity contribution in [2.24, 2.45) is 0 Å². The monoisotopic (exact) mass is 379 g/mol. The van der Waals surface area contributed by atoms with Gasteiger partial charge in [-0.15, -0.1) is 0 Å². The van der Waals surface area contributed by atoms with E-state index in [-0.39, 0.29) is 5.69 Å². The number of nitrogens with zero attached hydrogens (tertiary/aromatic N) is 1. The molecule has 0 aliphatic carbocycles. The Labute approximate surface area is 161 Å². The van der Waals surface area contributed by atoms with Crippen molar-refractivity contribution in [3.8, 4) is 0 Å². The minimum absolute atomic E-state index is 0.0408. The lowest BCUT2D eigenvalue weighted by atomic mass is 9.99. The number of benzene rings is 2. The molecule has 2 N–H and O–H groups in total. The summed E-state index contributed by atoms with van der Waals surface area (Å²) in [5.41, 5.74) is 1.38. The number of rotatable bonds is 6. The second-order valence-corrected chi connectivity index (χ2v) is 6.50. The van der Waals surface area contributed by atoms with Crippen molar-refractivity contribution in [2.75, 3.05) is 11.9 Å². The third-order valence-corrected chi connectivity index (χ3v) is 4.60. The van der Waals surface area contributed by atoms with E-state index in [1.54, 1.807) is 24.3 Å². The van der Waals surface area contributed by atoms with Gasteiger partial charge in [-0.3, -0.25) is 9.59 Å². The Morgan fingerprint density at radius 3 is 2.46 bits per heavy atom. The molecule has 0 aliphatic heterocycles. The van der Waals surface area contributed by atoms with Gasteiger partial charge in [-0.2, -0.15) is 5.10 Å². The average Bonchev–Trinajstić information content (AvgIpc) is 2.72. The predicted molar refractivity (Wildman–Crippen MR) is 106 cm³/mol. The zero-order chi connectivity index (χ0) is 20.1. The summed E-state index contributed by atoms with van der Waals surface area (Å²) in [6, 6.07) is 14.1. The topological polar surface area (TPSA) is 101 Å². The summed E-state index contributed by atoms with van der Waals surface area (Å²) in [5, 5.41) is 9.41. The van der Waals surface area contributed by atoms with Crippen LogP contribution in [0.3, 0.4) is 0 Å². The molecule has 7 heteroatoms. The number of amides is 1. The molecule has 144 valence electrons. The van der Waals surface area contributed by atoms with Gasteiger partial charge in [0.05, 0.1) is 5.39 Å². The van der Waals surface area contributed by atoms with Gasteiger partial charge in [0, 0.05) is 11.1 Å². The van der Waals surface area contributed by atoms with Crippen LogP contribution >= 0.6 is 0 Å². The molecular formula is C21H21N3O4. The van der Waals surface area contributed by atoms with E-state index >= 15 is 0 Å². The van der Waals surface area contributed by atoms with Crippen LogP contribution in [0.5, 0.6) is 0 Å². The predicted octanol–water partition coefficient (Wildman–Crippen LogP) is 3.23. The molecule has 2 aromatic carbocycles. The van der Waals surface area contributed by atoms with Gasteiger partial charge in [-0.05, 0) is 36.1 Å². The number of esters is 1. The molecule has 7 nitrogen and oxygen atoms in total. The number of H-pyrrole nitrogens is 1. The number of aromatic amines is 1. The molecule has 0 saturated heterocycles. The Kier molecular flexibility index (Phi) is 5.84. The quantitative estimate of drug-likeness (QED) is 0.640. The number of aromatic nitrogens is 2. The van der Waals surface area contributed by atoms with Crippen LogP contribution < -0.4 is 10.9 Å². The maximum absolute atomic E-state index is 12.3. The molecule has 3 aromatic rings. The van der Waals surface area contributed by atoms with Crippen LogP contribution in [0.2, 0.25) is 0 Å². The average molecular weight is 379 g/mol. The van der Waals surface area contributed by atoms with Crippen molar-refractivity contribution in [2.45, 2.75) is 26.2 Å². The molecule has 1 aromatic heterocycles. The van der Waals surface area contributed by atoms with Gasteiger partial charge < -0.3 is 10.1 Å². The first-order valence-corrected chi connectivity index (χ1v) is 9.04. The van der Waals surface area contributed by atoms with E-state index in [9.17, 15) is 14.4 Å². The number of ether oxygens (including phenoxy) is 1. The van der Waals surface area contributed by atoms with E-state index < -0.39 is 24.0 Å². The van der Waals surface area contributed by atoms with Crippen LogP contribution in [0.4, 0.5) is 5.69 Å². The summed E-state index contributed by atoms with van der Waals surface area (Å²) >= 11 is 0. The van der Waals surface area contributed by atoms with Gasteiger partial charge in [0.2, 0.25) is 0 Å². The highest BCUT2D eigenvalue weighted by Crippen LogP contribution is 2.20. The van der Waals surface area contributed by atoms with Crippen molar-refractivity contribution < 1.29 is 14.3 Å². The van der Waals surface area contributed by atoms with Gasteiger partial charge >= 0.3 is 5.97 Å². The Balaban J connectivity index is 1.63. The lowest BCUT2D eigenvalue weighted by molar-refractivity contribution is -0.119. The number of carbonyl (C=O) groups excluding carboxylic acids is 2. The Hall–Kier alpha value is -3.48. The van der Waals surface area contributed by atoms with Gasteiger partial charge in [-0.1, -0.05) is 44.2 Å². The summed E-state index contributed by atoms with van der Waals surface area (Å²) in [6.45, 7) is 3.80. The molecule has 0 radical (unpaired) electrons. The highest BCUT2D eigenvalue weighted by atomic mass is 16.5. The van der Waals surface area contributed by atoms with Gasteiger partial charge in [0.1, 0.15) is 0 Å². The summed E-state index contributed by atoms with van der Waals surface area (Å²) in [6.07, 6.45) is 1.04. The number of nitrogens with one attached hydrogen (secondary N) is 2. The van der Waals surface area contributed by atoms with Gasteiger partial charge in [-0.25, -0.2) is 9.89 Å². The molecule has 28 heavy (non-hydrogen) atoms. The number of anilines is 1. The smallest absolute Gasteiger partial charge is 0.359 e. The van der Waals surface area contributed by atoms with Crippen LogP contribution in [0.15, 0.2) is 53.3 Å². The van der Waals surface area contributed by atoms with E-state index in [0.29, 0.717) is 22.4 Å². The Morgan fingerprint density at radius 2 is 1.79 bits per heavy atom. The molecule has 0 spiro atoms. The third kappa shape index (κ3) is 4.25. The van der Waals surface area contributed by atoms with E-state index in [4.69, 9.17) is 4.74 Å². The fourth-order valence-corrected chi connectivity index (χ4v) is 2.80. The molecule has 0 saturated carbocycles. The molecule has 0 unspecified atom stereocenters. The van der Waals surface area contributed by atoms with Crippen molar-refractivity contribution in [1.29, 1.82) is 0 Å². The molecule has 0 fully saturated rings. The first-order chi connectivity index (χ1) is 13.5. The molecule has 0 bridgehead atoms. The fourth-order valence-electron chi connectivity index (χ4n) is 2.80. The summed E-state index contributed by atoms with van der Waals surface area (Å²) in [5.74, 6) is -0.793. The van der Waals surface area contributed by atoms with Crippen LogP contribution in [0, 0.1) is 0 Å². The number of carbonyl (C=O) groups is 2. The lowest BCUT2D eigenvalue weighted by Gasteiger charge is -2.11. The molecule has 1 atom stereocenters. The maximum atomic E-state index is 12.3. The van der Waals surface area contributed by atoms with E-state index in [0.717, 1.165) is 6.42 Å². The third-order valence-electron chi connectivity index (χ3n) is 4.60. The SMILES string of the molecule is CC[C@@H](C)c1ccc(NC(=O)COC(=O)c2n[nH]c(=O)c3ccccc23)cc1. The summed E-state index contributed by atoms with van der Waals surface area (Å²) < 4.78 is 5.05. The molecule has 0 aliphatic rings. The molecule has 1 heterocycles. The second-order valence-electron chi connectivity index (χ2n) is 6.50. The van der Waals surface area contributed by atoms with Gasteiger partial charge in [0.15, 0.2) is 12.3 Å². The molecule has 1 amide bonds. The highest BCUT2D eigenvalue weighted by Gasteiger charge is 2.17. The van der Waals surface area contributed by atoms with E-state index in [1.165, 1.54) is 5.56 Å². The zero-order valence-electron chi connectivity index (χ0n) is 15.7. The lowest BCUT2D eigenvalue weighted by Crippen LogP contribution is -2.22. The second kappa shape index (κ2) is 8.47. The minimum atomic E-state index is -0.783. The standard InChI is InChI=1S/C21H21N3O4/c1-3-13(2)14-8-10-15(11-9-14)22-18(25)12-28-21(27)19-16-6-4-5-7-17(16)20(26)24-23-19/h4-11,13H,3,12H2,1-2H3,(H,22,25)(H,24,26)/t13-/m1/s1. The molecule has 3 rings (SSSR count). The number of hydrogen-bond donors (Lipinski definition) is 2. The Morgan fingerprint density at radius 1 is 1.11 bits per heavy atom.